The summed E-state index contributed by atoms with van der Waals surface area (Å²) in [5, 5.41) is 7.25. The van der Waals surface area contributed by atoms with E-state index in [1.807, 2.05) is 48.5 Å². The number of thiophene rings is 1. The maximum atomic E-state index is 6.04. The highest BCUT2D eigenvalue weighted by molar-refractivity contribution is 7.17. The van der Waals surface area contributed by atoms with Crippen molar-refractivity contribution in [3.8, 4) is 16.9 Å². The SMILES string of the molecule is CCCOc1ccccc1Nc1ncnc2scc(-c3ccc(Cl)cc3)c12. The van der Waals surface area contributed by atoms with E-state index < -0.39 is 0 Å². The van der Waals surface area contributed by atoms with Gasteiger partial charge in [0.2, 0.25) is 0 Å². The lowest BCUT2D eigenvalue weighted by Gasteiger charge is -2.13. The van der Waals surface area contributed by atoms with Crippen LogP contribution in [-0.4, -0.2) is 16.6 Å². The summed E-state index contributed by atoms with van der Waals surface area (Å²) in [5.41, 5.74) is 3.06. The van der Waals surface area contributed by atoms with Gasteiger partial charge in [0.05, 0.1) is 17.7 Å². The van der Waals surface area contributed by atoms with Crippen LogP contribution in [0.25, 0.3) is 21.3 Å². The van der Waals surface area contributed by atoms with Crippen LogP contribution in [0.3, 0.4) is 0 Å². The Bertz CT molecular complexity index is 1060. The molecule has 0 amide bonds. The number of fused-ring (bicyclic) bond motifs is 1. The molecule has 6 heteroatoms. The molecule has 2 aromatic heterocycles. The number of rotatable bonds is 6. The molecule has 0 aliphatic heterocycles. The van der Waals surface area contributed by atoms with Crippen molar-refractivity contribution < 1.29 is 4.74 Å². The molecular formula is C21H18ClN3OS. The molecule has 4 rings (SSSR count). The van der Waals surface area contributed by atoms with E-state index in [1.165, 1.54) is 0 Å². The highest BCUT2D eigenvalue weighted by Gasteiger charge is 2.14. The summed E-state index contributed by atoms with van der Waals surface area (Å²) in [6.45, 7) is 2.76. The van der Waals surface area contributed by atoms with Gasteiger partial charge < -0.3 is 10.1 Å². The summed E-state index contributed by atoms with van der Waals surface area (Å²) in [5.74, 6) is 1.58. The molecule has 1 N–H and O–H groups in total. The minimum Gasteiger partial charge on any atom is -0.491 e. The molecule has 0 atom stereocenters. The number of para-hydroxylation sites is 2. The van der Waals surface area contributed by atoms with Crippen LogP contribution in [0.5, 0.6) is 5.75 Å². The Morgan fingerprint density at radius 3 is 2.70 bits per heavy atom. The third kappa shape index (κ3) is 3.75. The largest absolute Gasteiger partial charge is 0.491 e. The van der Waals surface area contributed by atoms with Crippen molar-refractivity contribution in [3.05, 3.63) is 65.3 Å². The average Bonchev–Trinajstić information content (AvgIpc) is 3.13. The predicted octanol–water partition coefficient (Wildman–Crippen LogP) is 6.54. The highest BCUT2D eigenvalue weighted by Crippen LogP contribution is 2.38. The van der Waals surface area contributed by atoms with Crippen molar-refractivity contribution in [1.29, 1.82) is 0 Å². The van der Waals surface area contributed by atoms with Crippen LogP contribution in [-0.2, 0) is 0 Å². The Morgan fingerprint density at radius 1 is 1.07 bits per heavy atom. The first kappa shape index (κ1) is 17.8. The van der Waals surface area contributed by atoms with Crippen molar-refractivity contribution in [2.45, 2.75) is 13.3 Å². The van der Waals surface area contributed by atoms with Crippen molar-refractivity contribution in [3.63, 3.8) is 0 Å². The molecule has 27 heavy (non-hydrogen) atoms. The number of nitrogens with zero attached hydrogens (tertiary/aromatic N) is 2. The first-order valence-corrected chi connectivity index (χ1v) is 9.99. The van der Waals surface area contributed by atoms with Gasteiger partial charge in [0.15, 0.2) is 0 Å². The molecule has 0 saturated heterocycles. The fourth-order valence-electron chi connectivity index (χ4n) is 2.85. The molecular weight excluding hydrogens is 378 g/mol. The second-order valence-electron chi connectivity index (χ2n) is 6.03. The van der Waals surface area contributed by atoms with Crippen LogP contribution in [0, 0.1) is 0 Å². The molecule has 2 heterocycles. The van der Waals surface area contributed by atoms with Crippen LogP contribution in [0.2, 0.25) is 5.02 Å². The zero-order valence-electron chi connectivity index (χ0n) is 14.8. The first-order valence-electron chi connectivity index (χ1n) is 8.73. The molecule has 0 saturated carbocycles. The summed E-state index contributed by atoms with van der Waals surface area (Å²) in [6.07, 6.45) is 2.54. The maximum Gasteiger partial charge on any atom is 0.143 e. The number of nitrogens with one attached hydrogen (secondary N) is 1. The topological polar surface area (TPSA) is 47.0 Å². The Balaban J connectivity index is 1.77. The van der Waals surface area contributed by atoms with Crippen molar-refractivity contribution in [2.24, 2.45) is 0 Å². The van der Waals surface area contributed by atoms with Gasteiger partial charge >= 0.3 is 0 Å². The molecule has 0 spiro atoms. The molecule has 136 valence electrons. The standard InChI is InChI=1S/C21H18ClN3OS/c1-2-11-26-18-6-4-3-5-17(18)25-20-19-16(12-27-21(19)24-13-23-20)14-7-9-15(22)10-8-14/h3-10,12-13H,2,11H2,1H3,(H,23,24,25). The van der Waals surface area contributed by atoms with Gasteiger partial charge in [0.1, 0.15) is 22.7 Å². The summed E-state index contributed by atoms with van der Waals surface area (Å²) in [6, 6.07) is 15.7. The average molecular weight is 396 g/mol. The van der Waals surface area contributed by atoms with Crippen molar-refractivity contribution in [2.75, 3.05) is 11.9 Å². The zero-order valence-corrected chi connectivity index (χ0v) is 16.3. The van der Waals surface area contributed by atoms with E-state index in [1.54, 1.807) is 17.7 Å². The van der Waals surface area contributed by atoms with Gasteiger partial charge in [0, 0.05) is 16.0 Å². The Kier molecular flexibility index (Phi) is 5.23. The van der Waals surface area contributed by atoms with Gasteiger partial charge in [-0.05, 0) is 36.2 Å². The van der Waals surface area contributed by atoms with E-state index in [2.05, 4.69) is 27.6 Å². The van der Waals surface area contributed by atoms with Crippen LogP contribution >= 0.6 is 22.9 Å². The number of benzene rings is 2. The van der Waals surface area contributed by atoms with E-state index in [4.69, 9.17) is 16.3 Å². The van der Waals surface area contributed by atoms with Gasteiger partial charge in [-0.15, -0.1) is 11.3 Å². The summed E-state index contributed by atoms with van der Waals surface area (Å²) in [4.78, 5) is 9.87. The molecule has 0 bridgehead atoms. The van der Waals surface area contributed by atoms with Crippen molar-refractivity contribution >= 4 is 44.7 Å². The number of anilines is 2. The van der Waals surface area contributed by atoms with E-state index in [-0.39, 0.29) is 0 Å². The van der Waals surface area contributed by atoms with Crippen LogP contribution < -0.4 is 10.1 Å². The number of hydrogen-bond donors (Lipinski definition) is 1. The van der Waals surface area contributed by atoms with E-state index >= 15 is 0 Å². The second-order valence-corrected chi connectivity index (χ2v) is 7.32. The molecule has 4 aromatic rings. The fourth-order valence-corrected chi connectivity index (χ4v) is 3.89. The second kappa shape index (κ2) is 7.94. The van der Waals surface area contributed by atoms with E-state index in [0.717, 1.165) is 50.0 Å². The fraction of sp³-hybridized carbons (Fsp3) is 0.143. The van der Waals surface area contributed by atoms with Crippen LogP contribution in [0.15, 0.2) is 60.2 Å². The molecule has 0 aliphatic carbocycles. The molecule has 0 aliphatic rings. The first-order chi connectivity index (χ1) is 13.3. The third-order valence-corrected chi connectivity index (χ3v) is 5.27. The van der Waals surface area contributed by atoms with E-state index in [9.17, 15) is 0 Å². The predicted molar refractivity (Wildman–Crippen MR) is 113 cm³/mol. The monoisotopic (exact) mass is 395 g/mol. The molecule has 4 nitrogen and oxygen atoms in total. The third-order valence-electron chi connectivity index (χ3n) is 4.13. The minimum absolute atomic E-state index is 0.673. The minimum atomic E-state index is 0.673. The molecule has 0 unspecified atom stereocenters. The van der Waals surface area contributed by atoms with E-state index in [0.29, 0.717) is 6.61 Å². The lowest BCUT2D eigenvalue weighted by atomic mass is 10.1. The highest BCUT2D eigenvalue weighted by atomic mass is 35.5. The van der Waals surface area contributed by atoms with Crippen LogP contribution in [0.4, 0.5) is 11.5 Å². The van der Waals surface area contributed by atoms with Gasteiger partial charge in [-0.25, -0.2) is 9.97 Å². The molecule has 2 aromatic carbocycles. The number of halogens is 1. The maximum absolute atomic E-state index is 6.04. The van der Waals surface area contributed by atoms with Gasteiger partial charge in [0.25, 0.3) is 0 Å². The lowest BCUT2D eigenvalue weighted by molar-refractivity contribution is 0.319. The van der Waals surface area contributed by atoms with Gasteiger partial charge in [-0.1, -0.05) is 42.8 Å². The Hall–Kier alpha value is -2.63. The number of ether oxygens (including phenoxy) is 1. The van der Waals surface area contributed by atoms with Crippen molar-refractivity contribution in [1.82, 2.24) is 9.97 Å². The summed E-state index contributed by atoms with van der Waals surface area (Å²) in [7, 11) is 0. The summed E-state index contributed by atoms with van der Waals surface area (Å²) >= 11 is 7.64. The van der Waals surface area contributed by atoms with Gasteiger partial charge in [-0.3, -0.25) is 0 Å². The lowest BCUT2D eigenvalue weighted by Crippen LogP contribution is -2.01. The Morgan fingerprint density at radius 2 is 1.89 bits per heavy atom. The van der Waals surface area contributed by atoms with Crippen LogP contribution in [0.1, 0.15) is 13.3 Å². The normalized spacial score (nSPS) is 10.9. The Labute approximate surface area is 166 Å². The molecule has 0 fully saturated rings. The smallest absolute Gasteiger partial charge is 0.143 e. The number of aromatic nitrogens is 2. The summed E-state index contributed by atoms with van der Waals surface area (Å²) < 4.78 is 5.86. The quantitative estimate of drug-likeness (QED) is 0.402. The molecule has 0 radical (unpaired) electrons. The van der Waals surface area contributed by atoms with Gasteiger partial charge in [-0.2, -0.15) is 0 Å². The number of hydrogen-bond acceptors (Lipinski definition) is 5. The zero-order chi connectivity index (χ0) is 18.6.